The summed E-state index contributed by atoms with van der Waals surface area (Å²) in [5.41, 5.74) is 1.75. The van der Waals surface area contributed by atoms with E-state index in [9.17, 15) is 14.9 Å². The largest absolute Gasteiger partial charge is 0.380 e. The van der Waals surface area contributed by atoms with Crippen LogP contribution in [0.15, 0.2) is 39.7 Å². The van der Waals surface area contributed by atoms with Gasteiger partial charge in [0.05, 0.1) is 16.0 Å². The van der Waals surface area contributed by atoms with Crippen LogP contribution in [0, 0.1) is 10.1 Å². The molecule has 0 aliphatic rings. The van der Waals surface area contributed by atoms with E-state index in [-0.39, 0.29) is 17.9 Å². The van der Waals surface area contributed by atoms with Crippen molar-refractivity contribution in [2.45, 2.75) is 6.61 Å². The van der Waals surface area contributed by atoms with Gasteiger partial charge in [0.1, 0.15) is 0 Å². The zero-order valence-corrected chi connectivity index (χ0v) is 12.1. The number of nitro groups is 1. The SMILES string of the molecule is COCc1cc([N+](=O)[O-])ccc1-c1cc[nH]c(=O)c1Br. The molecular formula is C13H11BrN2O4. The number of nitrogens with zero attached hydrogens (tertiary/aromatic N) is 1. The first-order valence-electron chi connectivity index (χ1n) is 5.68. The summed E-state index contributed by atoms with van der Waals surface area (Å²) < 4.78 is 5.45. The Kier molecular flexibility index (Phi) is 4.31. The number of methoxy groups -OCH3 is 1. The van der Waals surface area contributed by atoms with Gasteiger partial charge < -0.3 is 9.72 Å². The lowest BCUT2D eigenvalue weighted by Gasteiger charge is -2.10. The normalized spacial score (nSPS) is 10.5. The van der Waals surface area contributed by atoms with Crippen LogP contribution in [-0.2, 0) is 11.3 Å². The highest BCUT2D eigenvalue weighted by molar-refractivity contribution is 9.10. The molecule has 1 N–H and O–H groups in total. The van der Waals surface area contributed by atoms with Crippen molar-refractivity contribution in [2.24, 2.45) is 0 Å². The zero-order valence-electron chi connectivity index (χ0n) is 10.6. The number of ether oxygens (including phenoxy) is 1. The van der Waals surface area contributed by atoms with Gasteiger partial charge in [0.25, 0.3) is 11.2 Å². The van der Waals surface area contributed by atoms with Gasteiger partial charge in [-0.05, 0) is 39.2 Å². The summed E-state index contributed by atoms with van der Waals surface area (Å²) in [4.78, 5) is 24.5. The van der Waals surface area contributed by atoms with Crippen LogP contribution in [0.4, 0.5) is 5.69 Å². The van der Waals surface area contributed by atoms with E-state index in [0.29, 0.717) is 15.6 Å². The Morgan fingerprint density at radius 1 is 1.35 bits per heavy atom. The Hall–Kier alpha value is -1.99. The Morgan fingerprint density at radius 2 is 2.10 bits per heavy atom. The molecule has 1 heterocycles. The number of pyridine rings is 1. The molecule has 0 aliphatic carbocycles. The molecule has 2 rings (SSSR count). The Morgan fingerprint density at radius 3 is 2.75 bits per heavy atom. The number of rotatable bonds is 4. The van der Waals surface area contributed by atoms with Crippen LogP contribution in [-0.4, -0.2) is 17.0 Å². The number of nitro benzene ring substituents is 1. The average Bonchev–Trinajstić information content (AvgIpc) is 2.42. The van der Waals surface area contributed by atoms with Crippen LogP contribution in [0.2, 0.25) is 0 Å². The quantitative estimate of drug-likeness (QED) is 0.686. The lowest BCUT2D eigenvalue weighted by atomic mass is 10.0. The Balaban J connectivity index is 2.64. The van der Waals surface area contributed by atoms with E-state index in [1.165, 1.54) is 25.4 Å². The van der Waals surface area contributed by atoms with E-state index in [1.54, 1.807) is 12.1 Å². The molecule has 0 amide bonds. The predicted octanol–water partition coefficient (Wildman–Crippen LogP) is 2.86. The van der Waals surface area contributed by atoms with Gasteiger partial charge in [0, 0.05) is 31.0 Å². The summed E-state index contributed by atoms with van der Waals surface area (Å²) >= 11 is 3.23. The molecule has 1 aromatic carbocycles. The van der Waals surface area contributed by atoms with Crippen LogP contribution in [0.25, 0.3) is 11.1 Å². The maximum Gasteiger partial charge on any atom is 0.269 e. The maximum absolute atomic E-state index is 11.6. The Bertz CT molecular complexity index is 712. The highest BCUT2D eigenvalue weighted by Gasteiger charge is 2.15. The summed E-state index contributed by atoms with van der Waals surface area (Å²) in [6.07, 6.45) is 1.53. The second-order valence-electron chi connectivity index (χ2n) is 4.07. The summed E-state index contributed by atoms with van der Waals surface area (Å²) in [6, 6.07) is 6.20. The van der Waals surface area contributed by atoms with E-state index in [0.717, 1.165) is 5.56 Å². The van der Waals surface area contributed by atoms with Crippen LogP contribution in [0.3, 0.4) is 0 Å². The van der Waals surface area contributed by atoms with Crippen LogP contribution in [0.5, 0.6) is 0 Å². The summed E-state index contributed by atoms with van der Waals surface area (Å²) in [7, 11) is 1.51. The average molecular weight is 339 g/mol. The molecule has 7 heteroatoms. The lowest BCUT2D eigenvalue weighted by molar-refractivity contribution is -0.384. The van der Waals surface area contributed by atoms with E-state index in [4.69, 9.17) is 4.74 Å². The van der Waals surface area contributed by atoms with Crippen molar-refractivity contribution in [1.82, 2.24) is 4.98 Å². The van der Waals surface area contributed by atoms with Gasteiger partial charge in [-0.1, -0.05) is 0 Å². The van der Waals surface area contributed by atoms with Crippen LogP contribution < -0.4 is 5.56 Å². The number of aromatic amines is 1. The van der Waals surface area contributed by atoms with Gasteiger partial charge in [-0.2, -0.15) is 0 Å². The van der Waals surface area contributed by atoms with Gasteiger partial charge in [0.2, 0.25) is 0 Å². The van der Waals surface area contributed by atoms with Gasteiger partial charge in [-0.15, -0.1) is 0 Å². The second-order valence-corrected chi connectivity index (χ2v) is 4.86. The summed E-state index contributed by atoms with van der Waals surface area (Å²) in [6.45, 7) is 0.219. The number of benzene rings is 1. The van der Waals surface area contributed by atoms with Gasteiger partial charge >= 0.3 is 0 Å². The standard InChI is InChI=1S/C13H11BrN2O4/c1-20-7-8-6-9(16(18)19)2-3-10(8)11-4-5-15-13(17)12(11)14/h2-6H,7H2,1H3,(H,15,17). The molecule has 20 heavy (non-hydrogen) atoms. The topological polar surface area (TPSA) is 85.2 Å². The van der Waals surface area contributed by atoms with Crippen molar-refractivity contribution < 1.29 is 9.66 Å². The minimum atomic E-state index is -0.463. The smallest absolute Gasteiger partial charge is 0.269 e. The number of nitrogens with one attached hydrogen (secondary N) is 1. The van der Waals surface area contributed by atoms with Crippen molar-refractivity contribution in [2.75, 3.05) is 7.11 Å². The third kappa shape index (κ3) is 2.78. The van der Waals surface area contributed by atoms with Crippen LogP contribution in [0.1, 0.15) is 5.56 Å². The van der Waals surface area contributed by atoms with Crippen molar-refractivity contribution in [3.8, 4) is 11.1 Å². The summed E-state index contributed by atoms with van der Waals surface area (Å²) in [5, 5.41) is 10.8. The monoisotopic (exact) mass is 338 g/mol. The number of H-pyrrole nitrogens is 1. The minimum absolute atomic E-state index is 0.0123. The number of hydrogen-bond acceptors (Lipinski definition) is 4. The van der Waals surface area contributed by atoms with Gasteiger partial charge in [0.15, 0.2) is 0 Å². The number of halogens is 1. The number of aromatic nitrogens is 1. The third-order valence-electron chi connectivity index (χ3n) is 2.79. The lowest BCUT2D eigenvalue weighted by Crippen LogP contribution is -2.07. The van der Waals surface area contributed by atoms with E-state index in [1.807, 2.05) is 0 Å². The zero-order chi connectivity index (χ0) is 14.7. The van der Waals surface area contributed by atoms with Crippen LogP contribution >= 0.6 is 15.9 Å². The molecule has 0 unspecified atom stereocenters. The molecule has 104 valence electrons. The highest BCUT2D eigenvalue weighted by Crippen LogP contribution is 2.31. The fourth-order valence-corrected chi connectivity index (χ4v) is 2.36. The number of non-ortho nitro benzene ring substituents is 1. The Labute approximate surface area is 122 Å². The number of hydrogen-bond donors (Lipinski definition) is 1. The van der Waals surface area contributed by atoms with E-state index < -0.39 is 4.92 Å². The predicted molar refractivity (Wildman–Crippen MR) is 77.6 cm³/mol. The van der Waals surface area contributed by atoms with E-state index in [2.05, 4.69) is 20.9 Å². The first-order valence-corrected chi connectivity index (χ1v) is 6.47. The molecule has 1 aromatic heterocycles. The highest BCUT2D eigenvalue weighted by atomic mass is 79.9. The molecule has 0 spiro atoms. The fraction of sp³-hybridized carbons (Fsp3) is 0.154. The minimum Gasteiger partial charge on any atom is -0.380 e. The fourth-order valence-electron chi connectivity index (χ4n) is 1.90. The van der Waals surface area contributed by atoms with E-state index >= 15 is 0 Å². The maximum atomic E-state index is 11.6. The first-order chi connectivity index (χ1) is 9.54. The molecule has 0 radical (unpaired) electrons. The van der Waals surface area contributed by atoms with Crippen molar-refractivity contribution >= 4 is 21.6 Å². The van der Waals surface area contributed by atoms with Crippen molar-refractivity contribution in [1.29, 1.82) is 0 Å². The summed E-state index contributed by atoms with van der Waals surface area (Å²) in [5.74, 6) is 0. The second kappa shape index (κ2) is 5.98. The molecule has 0 aliphatic heterocycles. The molecule has 0 bridgehead atoms. The molecular weight excluding hydrogens is 328 g/mol. The van der Waals surface area contributed by atoms with Gasteiger partial charge in [-0.25, -0.2) is 0 Å². The molecule has 2 aromatic rings. The van der Waals surface area contributed by atoms with Gasteiger partial charge in [-0.3, -0.25) is 14.9 Å². The van der Waals surface area contributed by atoms with Crippen molar-refractivity contribution in [3.63, 3.8) is 0 Å². The molecule has 6 nitrogen and oxygen atoms in total. The molecule has 0 fully saturated rings. The molecule has 0 saturated heterocycles. The first kappa shape index (κ1) is 14.4. The molecule has 0 saturated carbocycles. The van der Waals surface area contributed by atoms with Crippen molar-refractivity contribution in [3.05, 3.63) is 61.0 Å². The third-order valence-corrected chi connectivity index (χ3v) is 3.58. The molecule has 0 atom stereocenters.